The van der Waals surface area contributed by atoms with Gasteiger partial charge in [-0.25, -0.2) is 0 Å². The van der Waals surface area contributed by atoms with Gasteiger partial charge in [0.05, 0.1) is 0 Å². The number of benzene rings is 1. The second-order valence-corrected chi connectivity index (χ2v) is 3.25. The van der Waals surface area contributed by atoms with Crippen LogP contribution in [0.25, 0.3) is 6.08 Å². The summed E-state index contributed by atoms with van der Waals surface area (Å²) < 4.78 is 1.16. The molecule has 1 rings (SSSR count). The molecule has 1 nitrogen and oxygen atoms in total. The van der Waals surface area contributed by atoms with Crippen molar-refractivity contribution in [3.63, 3.8) is 0 Å². The minimum Gasteiger partial charge on any atom is -0.286 e. The van der Waals surface area contributed by atoms with E-state index < -0.39 is 0 Å². The number of halogens is 1. The molecule has 0 aliphatic rings. The molecule has 0 bridgehead atoms. The van der Waals surface area contributed by atoms with Gasteiger partial charge in [-0.1, -0.05) is 18.2 Å². The standard InChI is InChI=1S/C9H6IO/c10-9-5-1-3-8(7-9)4-2-6-11/h1-5,7H. The normalized spacial score (nSPS) is 10.3. The first-order valence-corrected chi connectivity index (χ1v) is 4.20. The van der Waals surface area contributed by atoms with Crippen molar-refractivity contribution in [2.24, 2.45) is 0 Å². The van der Waals surface area contributed by atoms with Gasteiger partial charge in [0, 0.05) is 3.57 Å². The number of carbonyl (C=O) groups excluding carboxylic acids is 1. The summed E-state index contributed by atoms with van der Waals surface area (Å²) in [5.74, 6) is 0. The lowest BCUT2D eigenvalue weighted by molar-refractivity contribution is 0.564. The van der Waals surface area contributed by atoms with Gasteiger partial charge < -0.3 is 0 Å². The molecule has 1 radical (unpaired) electrons. The third-order valence-corrected chi connectivity index (χ3v) is 1.86. The minimum atomic E-state index is 1.03. The van der Waals surface area contributed by atoms with E-state index in [0.29, 0.717) is 0 Å². The topological polar surface area (TPSA) is 17.1 Å². The SMILES string of the molecule is O=[C]C=Cc1cccc(I)c1. The Morgan fingerprint density at radius 3 is 2.91 bits per heavy atom. The molecule has 0 atom stereocenters. The monoisotopic (exact) mass is 257 g/mol. The zero-order valence-electron chi connectivity index (χ0n) is 5.75. The Morgan fingerprint density at radius 1 is 1.45 bits per heavy atom. The Hall–Kier alpha value is -0.640. The Bertz CT molecular complexity index is 279. The predicted octanol–water partition coefficient (Wildman–Crippen LogP) is 2.41. The van der Waals surface area contributed by atoms with Crippen LogP contribution in [0.1, 0.15) is 5.56 Å². The maximum absolute atomic E-state index is 9.85. The molecule has 0 aromatic heterocycles. The van der Waals surface area contributed by atoms with Crippen molar-refractivity contribution in [3.8, 4) is 0 Å². The molecular weight excluding hydrogens is 251 g/mol. The highest BCUT2D eigenvalue weighted by Crippen LogP contribution is 2.08. The molecule has 0 heterocycles. The summed E-state index contributed by atoms with van der Waals surface area (Å²) in [6.07, 6.45) is 4.80. The largest absolute Gasteiger partial charge is 0.286 e. The van der Waals surface area contributed by atoms with Crippen LogP contribution in [0, 0.1) is 3.57 Å². The highest BCUT2D eigenvalue weighted by atomic mass is 127. The van der Waals surface area contributed by atoms with E-state index in [1.54, 1.807) is 12.4 Å². The quantitative estimate of drug-likeness (QED) is 0.587. The maximum Gasteiger partial charge on any atom is 0.225 e. The van der Waals surface area contributed by atoms with Crippen molar-refractivity contribution in [1.29, 1.82) is 0 Å². The Morgan fingerprint density at radius 2 is 2.27 bits per heavy atom. The van der Waals surface area contributed by atoms with Crippen LogP contribution >= 0.6 is 22.6 Å². The van der Waals surface area contributed by atoms with Crippen LogP contribution in [0.3, 0.4) is 0 Å². The summed E-state index contributed by atoms with van der Waals surface area (Å²) in [6.45, 7) is 0. The number of allylic oxidation sites excluding steroid dienone is 1. The molecule has 1 aromatic carbocycles. The van der Waals surface area contributed by atoms with Crippen molar-refractivity contribution in [2.75, 3.05) is 0 Å². The smallest absolute Gasteiger partial charge is 0.225 e. The third kappa shape index (κ3) is 2.84. The maximum atomic E-state index is 9.85. The fourth-order valence-corrected chi connectivity index (χ4v) is 1.31. The molecule has 2 heteroatoms. The predicted molar refractivity (Wildman–Crippen MR) is 53.9 cm³/mol. The lowest BCUT2D eigenvalue weighted by atomic mass is 10.2. The summed E-state index contributed by atoms with van der Waals surface area (Å²) in [7, 11) is 0. The molecule has 0 spiro atoms. The Balaban J connectivity index is 2.87. The van der Waals surface area contributed by atoms with Crippen molar-refractivity contribution >= 4 is 35.0 Å². The summed E-state index contributed by atoms with van der Waals surface area (Å²) >= 11 is 2.22. The molecular formula is C9H6IO. The highest BCUT2D eigenvalue weighted by molar-refractivity contribution is 14.1. The fraction of sp³-hybridized carbons (Fsp3) is 0. The van der Waals surface area contributed by atoms with E-state index in [2.05, 4.69) is 22.6 Å². The van der Waals surface area contributed by atoms with E-state index in [1.807, 2.05) is 24.3 Å². The van der Waals surface area contributed by atoms with E-state index in [1.165, 1.54) is 6.08 Å². The molecule has 11 heavy (non-hydrogen) atoms. The summed E-state index contributed by atoms with van der Waals surface area (Å²) in [5.41, 5.74) is 1.03. The van der Waals surface area contributed by atoms with E-state index in [9.17, 15) is 4.79 Å². The zero-order chi connectivity index (χ0) is 8.10. The van der Waals surface area contributed by atoms with Crippen LogP contribution in [0.15, 0.2) is 30.3 Å². The van der Waals surface area contributed by atoms with Gasteiger partial charge in [0.1, 0.15) is 0 Å². The molecule has 0 saturated carbocycles. The van der Waals surface area contributed by atoms with Crippen molar-refractivity contribution in [1.82, 2.24) is 0 Å². The number of rotatable bonds is 2. The molecule has 0 amide bonds. The van der Waals surface area contributed by atoms with Crippen LogP contribution < -0.4 is 0 Å². The third-order valence-electron chi connectivity index (χ3n) is 1.19. The van der Waals surface area contributed by atoms with Crippen LogP contribution in [0.5, 0.6) is 0 Å². The van der Waals surface area contributed by atoms with Gasteiger partial charge in [0.2, 0.25) is 6.29 Å². The van der Waals surface area contributed by atoms with Crippen LogP contribution in [-0.2, 0) is 4.79 Å². The number of hydrogen-bond donors (Lipinski definition) is 0. The van der Waals surface area contributed by atoms with Gasteiger partial charge in [-0.05, 0) is 46.4 Å². The minimum absolute atomic E-state index is 1.03. The van der Waals surface area contributed by atoms with Crippen molar-refractivity contribution in [3.05, 3.63) is 39.5 Å². The van der Waals surface area contributed by atoms with Gasteiger partial charge in [-0.15, -0.1) is 0 Å². The fourth-order valence-electron chi connectivity index (χ4n) is 0.741. The second kappa shape index (κ2) is 4.28. The Labute approximate surface area is 79.3 Å². The summed E-state index contributed by atoms with van der Waals surface area (Å²) in [5, 5.41) is 0. The molecule has 1 aromatic rings. The van der Waals surface area contributed by atoms with Crippen molar-refractivity contribution in [2.45, 2.75) is 0 Å². The van der Waals surface area contributed by atoms with Gasteiger partial charge in [-0.2, -0.15) is 0 Å². The van der Waals surface area contributed by atoms with Crippen molar-refractivity contribution < 1.29 is 4.79 Å². The highest BCUT2D eigenvalue weighted by Gasteiger charge is 1.86. The first kappa shape index (κ1) is 8.46. The summed E-state index contributed by atoms with van der Waals surface area (Å²) in [6, 6.07) is 7.89. The van der Waals surface area contributed by atoms with Crippen LogP contribution in [0.4, 0.5) is 0 Å². The van der Waals surface area contributed by atoms with Crippen LogP contribution in [0.2, 0.25) is 0 Å². The molecule has 0 saturated heterocycles. The number of hydrogen-bond acceptors (Lipinski definition) is 1. The molecule has 0 aliphatic carbocycles. The van der Waals surface area contributed by atoms with E-state index in [4.69, 9.17) is 0 Å². The van der Waals surface area contributed by atoms with E-state index >= 15 is 0 Å². The molecule has 55 valence electrons. The average Bonchev–Trinajstić information content (AvgIpc) is 2.01. The van der Waals surface area contributed by atoms with Gasteiger partial charge >= 0.3 is 0 Å². The molecule has 0 N–H and O–H groups in total. The van der Waals surface area contributed by atoms with E-state index in [0.717, 1.165) is 9.13 Å². The lowest BCUT2D eigenvalue weighted by Crippen LogP contribution is -1.73. The van der Waals surface area contributed by atoms with Gasteiger partial charge in [-0.3, -0.25) is 4.79 Å². The molecule has 0 aliphatic heterocycles. The van der Waals surface area contributed by atoms with E-state index in [-0.39, 0.29) is 0 Å². The van der Waals surface area contributed by atoms with Gasteiger partial charge in [0.25, 0.3) is 0 Å². The lowest BCUT2D eigenvalue weighted by Gasteiger charge is -1.91. The van der Waals surface area contributed by atoms with Crippen LogP contribution in [-0.4, -0.2) is 6.29 Å². The first-order chi connectivity index (χ1) is 5.33. The average molecular weight is 257 g/mol. The molecule has 0 unspecified atom stereocenters. The van der Waals surface area contributed by atoms with Gasteiger partial charge in [0.15, 0.2) is 0 Å². The molecule has 0 fully saturated rings. The first-order valence-electron chi connectivity index (χ1n) is 3.13. The zero-order valence-corrected chi connectivity index (χ0v) is 7.91. The second-order valence-electron chi connectivity index (χ2n) is 2.01. The summed E-state index contributed by atoms with van der Waals surface area (Å²) in [4.78, 5) is 9.85. The Kier molecular flexibility index (Phi) is 3.29.